The number of anilines is 2. The smallest absolute Gasteiger partial charge is 0.261 e. The molecule has 1 atom stereocenters. The molecule has 1 saturated carbocycles. The van der Waals surface area contributed by atoms with Crippen molar-refractivity contribution in [2.45, 2.75) is 89.6 Å². The zero-order chi connectivity index (χ0) is 30.6. The van der Waals surface area contributed by atoms with Crippen LogP contribution >= 0.6 is 0 Å². The zero-order valence-corrected chi connectivity index (χ0v) is 25.0. The Morgan fingerprint density at radius 2 is 1.53 bits per heavy atom. The Kier molecular flexibility index (Phi) is 11.7. The Hall–Kier alpha value is -4.21. The first kappa shape index (κ1) is 31.7. The van der Waals surface area contributed by atoms with Crippen LogP contribution in [0.3, 0.4) is 0 Å². The fourth-order valence-corrected chi connectivity index (χ4v) is 5.69. The molecule has 0 bridgehead atoms. The van der Waals surface area contributed by atoms with E-state index in [-0.39, 0.29) is 18.7 Å². The van der Waals surface area contributed by atoms with E-state index in [1.165, 1.54) is 19.3 Å². The first-order valence-electron chi connectivity index (χ1n) is 15.5. The molecule has 1 heterocycles. The van der Waals surface area contributed by atoms with Crippen molar-refractivity contribution in [1.29, 1.82) is 0 Å². The van der Waals surface area contributed by atoms with Gasteiger partial charge in [0.15, 0.2) is 0 Å². The predicted octanol–water partition coefficient (Wildman–Crippen LogP) is 4.55. The number of carbonyl (C=O) groups excluding carboxylic acids is 5. The van der Waals surface area contributed by atoms with Crippen molar-refractivity contribution in [2.75, 3.05) is 23.7 Å². The van der Waals surface area contributed by atoms with Crippen molar-refractivity contribution >= 4 is 41.4 Å². The first-order chi connectivity index (χ1) is 20.9. The summed E-state index contributed by atoms with van der Waals surface area (Å²) in [6, 6.07) is 12.3. The number of nitrogens with zero attached hydrogens (tertiary/aromatic N) is 1. The second-order valence-corrected chi connectivity index (χ2v) is 11.5. The quantitative estimate of drug-likeness (QED) is 0.144. The van der Waals surface area contributed by atoms with Crippen LogP contribution in [0, 0.1) is 6.92 Å². The van der Waals surface area contributed by atoms with Crippen molar-refractivity contribution in [3.05, 3.63) is 59.2 Å². The predicted molar refractivity (Wildman–Crippen MR) is 166 cm³/mol. The Labute approximate surface area is 253 Å². The van der Waals surface area contributed by atoms with Gasteiger partial charge in [-0.05, 0) is 87.1 Å². The number of nitrogens with one attached hydrogen (secondary N) is 4. The summed E-state index contributed by atoms with van der Waals surface area (Å²) in [5.41, 5.74) is 3.63. The second-order valence-electron chi connectivity index (χ2n) is 11.5. The van der Waals surface area contributed by atoms with Crippen LogP contribution < -0.4 is 21.3 Å². The molecule has 2 aromatic carbocycles. The minimum absolute atomic E-state index is 0.0148. The van der Waals surface area contributed by atoms with Crippen molar-refractivity contribution in [3.8, 4) is 0 Å². The molecule has 230 valence electrons. The number of amides is 5. The third-order valence-electron chi connectivity index (χ3n) is 8.20. The lowest BCUT2D eigenvalue weighted by molar-refractivity contribution is -0.139. The number of hydrogen-bond donors (Lipinski definition) is 4. The van der Waals surface area contributed by atoms with E-state index in [0.29, 0.717) is 29.1 Å². The molecule has 43 heavy (non-hydrogen) atoms. The highest BCUT2D eigenvalue weighted by molar-refractivity contribution is 6.07. The lowest BCUT2D eigenvalue weighted by Crippen LogP contribution is -2.53. The summed E-state index contributed by atoms with van der Waals surface area (Å²) in [4.78, 5) is 61.6. The number of hydrogen-bond acceptors (Lipinski definition) is 7. The SMILES string of the molecule is Cc1cc(NCCCCCCNc2ccc(C(=O)NC3CCCCC3)cc2)ccc1C(=O)N(C=O)C1CCC(=O)NC1=O. The minimum atomic E-state index is -0.987. The summed E-state index contributed by atoms with van der Waals surface area (Å²) >= 11 is 0. The molecule has 2 aromatic rings. The second kappa shape index (κ2) is 15.9. The van der Waals surface area contributed by atoms with Crippen molar-refractivity contribution in [1.82, 2.24) is 15.5 Å². The number of unbranched alkanes of at least 4 members (excludes halogenated alkanes) is 3. The molecule has 1 aliphatic carbocycles. The molecule has 4 N–H and O–H groups in total. The zero-order valence-electron chi connectivity index (χ0n) is 25.0. The Balaban J connectivity index is 1.11. The van der Waals surface area contributed by atoms with Gasteiger partial charge in [-0.25, -0.2) is 0 Å². The molecule has 1 unspecified atom stereocenters. The maximum absolute atomic E-state index is 13.0. The molecule has 1 aliphatic heterocycles. The fraction of sp³-hybridized carbons (Fsp3) is 0.485. The van der Waals surface area contributed by atoms with Crippen LogP contribution in [0.15, 0.2) is 42.5 Å². The Morgan fingerprint density at radius 1 is 0.884 bits per heavy atom. The lowest BCUT2D eigenvalue weighted by Gasteiger charge is -2.28. The molecule has 0 spiro atoms. The number of benzene rings is 2. The van der Waals surface area contributed by atoms with Crippen LogP contribution in [-0.2, 0) is 14.4 Å². The summed E-state index contributed by atoms with van der Waals surface area (Å²) in [6.45, 7) is 3.45. The van der Waals surface area contributed by atoms with E-state index in [9.17, 15) is 24.0 Å². The molecule has 5 amide bonds. The molecule has 0 aromatic heterocycles. The van der Waals surface area contributed by atoms with Crippen LogP contribution in [0.2, 0.25) is 0 Å². The molecular weight excluding hydrogens is 546 g/mol. The molecule has 1 saturated heterocycles. The van der Waals surface area contributed by atoms with Gasteiger partial charge in [0.1, 0.15) is 6.04 Å². The van der Waals surface area contributed by atoms with E-state index in [0.717, 1.165) is 67.9 Å². The number of aryl methyl sites for hydroxylation is 1. The molecule has 2 fully saturated rings. The van der Waals surface area contributed by atoms with E-state index < -0.39 is 23.8 Å². The normalized spacial score (nSPS) is 17.1. The van der Waals surface area contributed by atoms with Gasteiger partial charge in [-0.1, -0.05) is 32.1 Å². The van der Waals surface area contributed by atoms with Gasteiger partial charge in [0.2, 0.25) is 18.2 Å². The summed E-state index contributed by atoms with van der Waals surface area (Å²) in [6.07, 6.45) is 10.6. The van der Waals surface area contributed by atoms with Gasteiger partial charge in [0, 0.05) is 48.1 Å². The van der Waals surface area contributed by atoms with Crippen molar-refractivity contribution in [3.63, 3.8) is 0 Å². The molecular formula is C33H43N5O5. The third-order valence-corrected chi connectivity index (χ3v) is 8.20. The average Bonchev–Trinajstić information content (AvgIpc) is 3.00. The van der Waals surface area contributed by atoms with Crippen LogP contribution in [0.1, 0.15) is 96.9 Å². The summed E-state index contributed by atoms with van der Waals surface area (Å²) in [5, 5.41) is 12.2. The van der Waals surface area contributed by atoms with Crippen molar-refractivity contribution in [2.24, 2.45) is 0 Å². The van der Waals surface area contributed by atoms with Gasteiger partial charge < -0.3 is 16.0 Å². The summed E-state index contributed by atoms with van der Waals surface area (Å²) in [7, 11) is 0. The van der Waals surface area contributed by atoms with E-state index >= 15 is 0 Å². The minimum Gasteiger partial charge on any atom is -0.385 e. The number of carbonyl (C=O) groups is 5. The average molecular weight is 590 g/mol. The van der Waals surface area contributed by atoms with Gasteiger partial charge >= 0.3 is 0 Å². The third kappa shape index (κ3) is 9.14. The maximum Gasteiger partial charge on any atom is 0.261 e. The van der Waals surface area contributed by atoms with Crippen LogP contribution in [0.25, 0.3) is 0 Å². The van der Waals surface area contributed by atoms with Gasteiger partial charge in [-0.2, -0.15) is 0 Å². The maximum atomic E-state index is 13.0. The first-order valence-corrected chi connectivity index (χ1v) is 15.5. The van der Waals surface area contributed by atoms with Gasteiger partial charge in [0.05, 0.1) is 0 Å². The van der Waals surface area contributed by atoms with E-state index in [1.54, 1.807) is 19.1 Å². The topological polar surface area (TPSA) is 137 Å². The fourth-order valence-electron chi connectivity index (χ4n) is 5.69. The lowest BCUT2D eigenvalue weighted by atomic mass is 9.95. The molecule has 10 heteroatoms. The van der Waals surface area contributed by atoms with E-state index in [2.05, 4.69) is 21.3 Å². The highest BCUT2D eigenvalue weighted by Gasteiger charge is 2.35. The van der Waals surface area contributed by atoms with Crippen LogP contribution in [0.4, 0.5) is 11.4 Å². The largest absolute Gasteiger partial charge is 0.385 e. The van der Waals surface area contributed by atoms with Crippen LogP contribution in [0.5, 0.6) is 0 Å². The number of imide groups is 2. The van der Waals surface area contributed by atoms with Gasteiger partial charge in [-0.3, -0.25) is 34.2 Å². The Morgan fingerprint density at radius 3 is 2.16 bits per heavy atom. The number of rotatable bonds is 14. The van der Waals surface area contributed by atoms with Gasteiger partial charge in [-0.15, -0.1) is 0 Å². The van der Waals surface area contributed by atoms with Crippen LogP contribution in [-0.4, -0.2) is 60.1 Å². The van der Waals surface area contributed by atoms with Gasteiger partial charge in [0.25, 0.3) is 11.8 Å². The molecule has 4 rings (SSSR count). The standard InChI is InChI=1S/C33H43N5O5/c1-23-21-27(15-16-28(23)33(43)38(22-39)29-17-18-30(40)37-32(29)42)35-20-8-3-2-7-19-34-25-13-11-24(12-14-25)31(41)36-26-9-5-4-6-10-26/h11-16,21-22,26,29,34-35H,2-10,17-20H2,1H3,(H,36,41)(H,37,40,42). The van der Waals surface area contributed by atoms with E-state index in [4.69, 9.17) is 0 Å². The molecule has 2 aliphatic rings. The molecule has 10 nitrogen and oxygen atoms in total. The summed E-state index contributed by atoms with van der Waals surface area (Å²) < 4.78 is 0. The highest BCUT2D eigenvalue weighted by atomic mass is 16.2. The monoisotopic (exact) mass is 589 g/mol. The summed E-state index contributed by atoms with van der Waals surface area (Å²) in [5.74, 6) is -1.58. The molecule has 0 radical (unpaired) electrons. The van der Waals surface area contributed by atoms with Crippen molar-refractivity contribution < 1.29 is 24.0 Å². The van der Waals surface area contributed by atoms with E-state index in [1.807, 2.05) is 30.3 Å². The highest BCUT2D eigenvalue weighted by Crippen LogP contribution is 2.21. The number of piperidine rings is 1. The Bertz CT molecular complexity index is 1290.